The summed E-state index contributed by atoms with van der Waals surface area (Å²) in [6.07, 6.45) is 13.6. The van der Waals surface area contributed by atoms with Crippen LogP contribution in [0.25, 0.3) is 0 Å². The molecule has 0 aromatic heterocycles. The third-order valence-electron chi connectivity index (χ3n) is 8.94. The van der Waals surface area contributed by atoms with Crippen LogP contribution in [0.3, 0.4) is 0 Å². The second-order valence-corrected chi connectivity index (χ2v) is 9.56. The van der Waals surface area contributed by atoms with Gasteiger partial charge in [0.05, 0.1) is 0 Å². The van der Waals surface area contributed by atoms with Crippen LogP contribution in [0.5, 0.6) is 0 Å². The zero-order valence-electron chi connectivity index (χ0n) is 14.9. The molecule has 2 unspecified atom stereocenters. The number of carbonyl (C=O) groups excluding carboxylic acids is 1. The van der Waals surface area contributed by atoms with Gasteiger partial charge in [-0.1, -0.05) is 33.6 Å². The second kappa shape index (κ2) is 5.08. The van der Waals surface area contributed by atoms with Crippen LogP contribution in [-0.2, 0) is 4.79 Å². The molecule has 1 nitrogen and oxygen atoms in total. The Labute approximate surface area is 136 Å². The Bertz CT molecular complexity index is 469. The van der Waals surface area contributed by atoms with E-state index in [9.17, 15) is 4.79 Å². The average molecular weight is 303 g/mol. The number of carbonyl (C=O) groups is 1. The van der Waals surface area contributed by atoms with E-state index in [1.807, 2.05) is 0 Å². The number of ketones is 1. The molecule has 0 aromatic carbocycles. The summed E-state index contributed by atoms with van der Waals surface area (Å²) in [4.78, 5) is 12.9. The monoisotopic (exact) mass is 302 g/mol. The van der Waals surface area contributed by atoms with Crippen LogP contribution in [0, 0.1) is 40.4 Å². The average Bonchev–Trinajstić information content (AvgIpc) is 2.78. The maximum absolute atomic E-state index is 12.9. The first kappa shape index (κ1) is 15.2. The third kappa shape index (κ3) is 1.86. The standard InChI is InChI=1S/C21H34O/c1-4-14-13-18-16-9-8-15-7-5-6-11-20(15,2)17(16)10-12-21(18,3)19(14)22/h14-18H,4-13H2,1-3H3/t14?,15?,16-,17-,18+,20+,21+/m1/s1. The Balaban J connectivity index is 1.65. The van der Waals surface area contributed by atoms with Gasteiger partial charge in [0.1, 0.15) is 5.78 Å². The molecular weight excluding hydrogens is 268 g/mol. The van der Waals surface area contributed by atoms with Crippen molar-refractivity contribution in [1.29, 1.82) is 0 Å². The van der Waals surface area contributed by atoms with Crippen LogP contribution in [0.2, 0.25) is 0 Å². The van der Waals surface area contributed by atoms with Gasteiger partial charge < -0.3 is 0 Å². The molecule has 0 bridgehead atoms. The minimum Gasteiger partial charge on any atom is -0.299 e. The summed E-state index contributed by atoms with van der Waals surface area (Å²) >= 11 is 0. The van der Waals surface area contributed by atoms with Gasteiger partial charge in [-0.15, -0.1) is 0 Å². The first-order valence-corrected chi connectivity index (χ1v) is 10.0. The third-order valence-corrected chi connectivity index (χ3v) is 8.94. The normalized spacial score (nSPS) is 54.5. The molecular formula is C21H34O. The molecule has 0 aliphatic heterocycles. The SMILES string of the molecule is CCC1C[C@H]2[C@@H]3CCC4CCCC[C@]4(C)[C@@H]3CC[C@]2(C)C1=O. The van der Waals surface area contributed by atoms with Gasteiger partial charge in [-0.3, -0.25) is 4.79 Å². The van der Waals surface area contributed by atoms with Gasteiger partial charge in [-0.05, 0) is 80.5 Å². The molecule has 0 spiro atoms. The van der Waals surface area contributed by atoms with Gasteiger partial charge in [-0.25, -0.2) is 0 Å². The molecule has 4 saturated carbocycles. The second-order valence-electron chi connectivity index (χ2n) is 9.56. The molecule has 0 amide bonds. The molecule has 0 aromatic rings. The number of hydrogen-bond acceptors (Lipinski definition) is 1. The zero-order valence-corrected chi connectivity index (χ0v) is 14.9. The van der Waals surface area contributed by atoms with E-state index in [4.69, 9.17) is 0 Å². The topological polar surface area (TPSA) is 17.1 Å². The molecule has 7 atom stereocenters. The molecule has 0 N–H and O–H groups in total. The lowest BCUT2D eigenvalue weighted by Crippen LogP contribution is -2.52. The van der Waals surface area contributed by atoms with Gasteiger partial charge in [0.2, 0.25) is 0 Å². The van der Waals surface area contributed by atoms with Crippen molar-refractivity contribution in [3.63, 3.8) is 0 Å². The molecule has 1 heteroatoms. The van der Waals surface area contributed by atoms with Crippen molar-refractivity contribution in [2.75, 3.05) is 0 Å². The molecule has 0 saturated heterocycles. The molecule has 124 valence electrons. The lowest BCUT2D eigenvalue weighted by Gasteiger charge is -2.59. The van der Waals surface area contributed by atoms with Gasteiger partial charge >= 0.3 is 0 Å². The molecule has 0 radical (unpaired) electrons. The number of hydrogen-bond donors (Lipinski definition) is 0. The Kier molecular flexibility index (Phi) is 3.51. The molecule has 0 heterocycles. The fourth-order valence-electron chi connectivity index (χ4n) is 7.59. The lowest BCUT2D eigenvalue weighted by atomic mass is 9.45. The van der Waals surface area contributed by atoms with Crippen LogP contribution < -0.4 is 0 Å². The highest BCUT2D eigenvalue weighted by molar-refractivity contribution is 5.89. The lowest BCUT2D eigenvalue weighted by molar-refractivity contribution is -0.140. The van der Waals surface area contributed by atoms with Gasteiger partial charge in [0.15, 0.2) is 0 Å². The van der Waals surface area contributed by atoms with E-state index in [1.54, 1.807) is 0 Å². The van der Waals surface area contributed by atoms with E-state index >= 15 is 0 Å². The minimum absolute atomic E-state index is 0.0414. The molecule has 4 aliphatic rings. The number of rotatable bonds is 1. The molecule has 4 rings (SSSR count). The highest BCUT2D eigenvalue weighted by atomic mass is 16.1. The Morgan fingerprint density at radius 2 is 1.82 bits per heavy atom. The summed E-state index contributed by atoms with van der Waals surface area (Å²) in [5.41, 5.74) is 0.648. The van der Waals surface area contributed by atoms with Gasteiger partial charge in [-0.2, -0.15) is 0 Å². The van der Waals surface area contributed by atoms with E-state index < -0.39 is 0 Å². The highest BCUT2D eigenvalue weighted by Crippen LogP contribution is 2.66. The van der Waals surface area contributed by atoms with Crippen LogP contribution >= 0.6 is 0 Å². The smallest absolute Gasteiger partial charge is 0.142 e. The quantitative estimate of drug-likeness (QED) is 0.614. The Morgan fingerprint density at radius 3 is 2.59 bits per heavy atom. The summed E-state index contributed by atoms with van der Waals surface area (Å²) < 4.78 is 0. The predicted octanol–water partition coefficient (Wildman–Crippen LogP) is 5.62. The highest BCUT2D eigenvalue weighted by Gasteiger charge is 2.61. The van der Waals surface area contributed by atoms with Crippen molar-refractivity contribution < 1.29 is 4.79 Å². The van der Waals surface area contributed by atoms with E-state index in [2.05, 4.69) is 20.8 Å². The summed E-state index contributed by atoms with van der Waals surface area (Å²) in [6.45, 7) is 7.19. The Hall–Kier alpha value is -0.330. The maximum Gasteiger partial charge on any atom is 0.142 e. The largest absolute Gasteiger partial charge is 0.299 e. The summed E-state index contributed by atoms with van der Waals surface area (Å²) in [7, 11) is 0. The summed E-state index contributed by atoms with van der Waals surface area (Å²) in [5.74, 6) is 4.50. The predicted molar refractivity (Wildman–Crippen MR) is 90.5 cm³/mol. The van der Waals surface area contributed by atoms with Crippen molar-refractivity contribution in [2.24, 2.45) is 40.4 Å². The van der Waals surface area contributed by atoms with Crippen LogP contribution in [0.1, 0.15) is 85.0 Å². The molecule has 4 fully saturated rings. The first-order chi connectivity index (χ1) is 10.5. The van der Waals surface area contributed by atoms with Gasteiger partial charge in [0, 0.05) is 11.3 Å². The van der Waals surface area contributed by atoms with Crippen molar-refractivity contribution >= 4 is 5.78 Å². The van der Waals surface area contributed by atoms with E-state index in [0.717, 1.165) is 24.2 Å². The van der Waals surface area contributed by atoms with Gasteiger partial charge in [0.25, 0.3) is 0 Å². The van der Waals surface area contributed by atoms with Crippen molar-refractivity contribution in [3.8, 4) is 0 Å². The van der Waals surface area contributed by atoms with Crippen LogP contribution in [0.15, 0.2) is 0 Å². The van der Waals surface area contributed by atoms with E-state index in [0.29, 0.717) is 23.0 Å². The minimum atomic E-state index is 0.0414. The first-order valence-electron chi connectivity index (χ1n) is 10.0. The fraction of sp³-hybridized carbons (Fsp3) is 0.952. The fourth-order valence-corrected chi connectivity index (χ4v) is 7.59. The van der Waals surface area contributed by atoms with E-state index in [1.165, 1.54) is 57.8 Å². The van der Waals surface area contributed by atoms with Crippen LogP contribution in [-0.4, -0.2) is 5.78 Å². The number of Topliss-reactive ketones (excluding diaryl/α,β-unsaturated/α-hetero) is 1. The number of fused-ring (bicyclic) bond motifs is 5. The zero-order chi connectivity index (χ0) is 15.5. The van der Waals surface area contributed by atoms with Crippen LogP contribution in [0.4, 0.5) is 0 Å². The Morgan fingerprint density at radius 1 is 1.00 bits per heavy atom. The summed E-state index contributed by atoms with van der Waals surface area (Å²) in [6, 6.07) is 0. The van der Waals surface area contributed by atoms with Crippen molar-refractivity contribution in [2.45, 2.75) is 85.0 Å². The maximum atomic E-state index is 12.9. The summed E-state index contributed by atoms with van der Waals surface area (Å²) in [5, 5.41) is 0. The molecule has 22 heavy (non-hydrogen) atoms. The molecule has 4 aliphatic carbocycles. The van der Waals surface area contributed by atoms with E-state index in [-0.39, 0.29) is 5.41 Å². The van der Waals surface area contributed by atoms with Crippen molar-refractivity contribution in [3.05, 3.63) is 0 Å². The van der Waals surface area contributed by atoms with Crippen molar-refractivity contribution in [1.82, 2.24) is 0 Å².